The average molecular weight is 480 g/mol. The topological polar surface area (TPSA) is 96.0 Å². The van der Waals surface area contributed by atoms with Gasteiger partial charge in [0, 0.05) is 19.6 Å². The molecule has 0 aliphatic carbocycles. The predicted molar refractivity (Wildman–Crippen MR) is 127 cm³/mol. The molecule has 4 rings (SSSR count). The summed E-state index contributed by atoms with van der Waals surface area (Å²) in [5, 5.41) is 0. The first-order valence-electron chi connectivity index (χ1n) is 10.8. The maximum absolute atomic E-state index is 13.3. The van der Waals surface area contributed by atoms with Gasteiger partial charge >= 0.3 is 0 Å². The highest BCUT2D eigenvalue weighted by Crippen LogP contribution is 2.33. The summed E-state index contributed by atoms with van der Waals surface area (Å²) in [7, 11) is -7.26. The number of benzene rings is 2. The van der Waals surface area contributed by atoms with Crippen molar-refractivity contribution < 1.29 is 21.6 Å². The third-order valence-electron chi connectivity index (χ3n) is 5.90. The fraction of sp³-hybridized carbons (Fsp3) is 0.455. The highest BCUT2D eigenvalue weighted by molar-refractivity contribution is 7.93. The van der Waals surface area contributed by atoms with Gasteiger partial charge in [-0.1, -0.05) is 12.1 Å². The van der Waals surface area contributed by atoms with Crippen molar-refractivity contribution >= 4 is 37.1 Å². The summed E-state index contributed by atoms with van der Waals surface area (Å²) in [6.45, 7) is 6.44. The van der Waals surface area contributed by atoms with Gasteiger partial charge in [0.05, 0.1) is 40.9 Å². The number of hydrogen-bond donors (Lipinski definition) is 1. The van der Waals surface area contributed by atoms with E-state index >= 15 is 0 Å². The minimum atomic E-state index is -3.88. The van der Waals surface area contributed by atoms with Gasteiger partial charge in [-0.2, -0.15) is 0 Å². The fourth-order valence-electron chi connectivity index (χ4n) is 4.23. The SMILES string of the molecule is Cc1cc(S(=O)(=O)Nc2ccccc2N2CCOCC2)c(C)cc1N1CCCCS1(=O)=O. The first-order valence-corrected chi connectivity index (χ1v) is 13.8. The van der Waals surface area contributed by atoms with Gasteiger partial charge in [-0.25, -0.2) is 16.8 Å². The van der Waals surface area contributed by atoms with Gasteiger partial charge in [-0.05, 0) is 62.1 Å². The van der Waals surface area contributed by atoms with Crippen molar-refractivity contribution in [1.82, 2.24) is 0 Å². The third kappa shape index (κ3) is 4.57. The molecule has 0 saturated carbocycles. The van der Waals surface area contributed by atoms with Crippen LogP contribution in [-0.4, -0.2) is 55.4 Å². The number of morpholine rings is 1. The first-order chi connectivity index (χ1) is 15.2. The number of para-hydroxylation sites is 2. The normalized spacial score (nSPS) is 19.1. The zero-order valence-electron chi connectivity index (χ0n) is 18.4. The summed E-state index contributed by atoms with van der Waals surface area (Å²) in [5.74, 6) is 0.116. The Bertz CT molecular complexity index is 1210. The molecule has 1 N–H and O–H groups in total. The van der Waals surface area contributed by atoms with Gasteiger partial charge < -0.3 is 9.64 Å². The number of nitrogens with zero attached hydrogens (tertiary/aromatic N) is 2. The molecule has 0 unspecified atom stereocenters. The second-order valence-corrected chi connectivity index (χ2v) is 11.9. The van der Waals surface area contributed by atoms with Crippen LogP contribution in [0.4, 0.5) is 17.1 Å². The van der Waals surface area contributed by atoms with Gasteiger partial charge in [0.2, 0.25) is 10.0 Å². The zero-order chi connectivity index (χ0) is 22.9. The lowest BCUT2D eigenvalue weighted by Gasteiger charge is -2.31. The van der Waals surface area contributed by atoms with Crippen LogP contribution < -0.4 is 13.9 Å². The molecule has 2 saturated heterocycles. The standard InChI is InChI=1S/C22H29N3O5S2/c1-17-16-22(18(2)15-21(17)25-9-5-6-14-31(25,26)27)32(28,29)23-19-7-3-4-8-20(19)24-10-12-30-13-11-24/h3-4,7-8,15-16,23H,5-6,9-14H2,1-2H3. The molecule has 2 heterocycles. The van der Waals surface area contributed by atoms with Crippen LogP contribution >= 0.6 is 0 Å². The molecular formula is C22H29N3O5S2. The maximum Gasteiger partial charge on any atom is 0.262 e. The summed E-state index contributed by atoms with van der Waals surface area (Å²) in [5.41, 5.74) is 2.99. The van der Waals surface area contributed by atoms with Crippen molar-refractivity contribution in [2.75, 3.05) is 52.5 Å². The van der Waals surface area contributed by atoms with Crippen molar-refractivity contribution in [2.24, 2.45) is 0 Å². The molecule has 2 fully saturated rings. The van der Waals surface area contributed by atoms with Crippen molar-refractivity contribution in [3.8, 4) is 0 Å². The van der Waals surface area contributed by atoms with Gasteiger partial charge in [0.15, 0.2) is 0 Å². The van der Waals surface area contributed by atoms with Gasteiger partial charge in [0.1, 0.15) is 0 Å². The molecule has 174 valence electrons. The number of anilines is 3. The number of ether oxygens (including phenoxy) is 1. The van der Waals surface area contributed by atoms with E-state index in [2.05, 4.69) is 9.62 Å². The Morgan fingerprint density at radius 1 is 0.938 bits per heavy atom. The van der Waals surface area contributed by atoms with E-state index in [1.165, 1.54) is 4.31 Å². The number of aryl methyl sites for hydroxylation is 2. The predicted octanol–water partition coefficient (Wildman–Crippen LogP) is 2.87. The summed E-state index contributed by atoms with van der Waals surface area (Å²) >= 11 is 0. The van der Waals surface area contributed by atoms with Crippen LogP contribution in [0.3, 0.4) is 0 Å². The third-order valence-corrected chi connectivity index (χ3v) is 9.26. The van der Waals surface area contributed by atoms with E-state index in [4.69, 9.17) is 4.74 Å². The second-order valence-electron chi connectivity index (χ2n) is 8.22. The van der Waals surface area contributed by atoms with Crippen molar-refractivity contribution in [2.45, 2.75) is 31.6 Å². The van der Waals surface area contributed by atoms with Gasteiger partial charge in [-0.3, -0.25) is 9.03 Å². The minimum absolute atomic E-state index is 0.116. The molecule has 0 spiro atoms. The lowest BCUT2D eigenvalue weighted by atomic mass is 10.1. The number of sulfonamides is 2. The van der Waals surface area contributed by atoms with E-state index in [1.807, 2.05) is 12.1 Å². The van der Waals surface area contributed by atoms with E-state index in [0.29, 0.717) is 61.8 Å². The van der Waals surface area contributed by atoms with E-state index in [0.717, 1.165) is 12.1 Å². The molecule has 10 heteroatoms. The molecule has 0 amide bonds. The molecule has 0 aromatic heterocycles. The highest BCUT2D eigenvalue weighted by Gasteiger charge is 2.29. The van der Waals surface area contributed by atoms with Crippen molar-refractivity contribution in [3.63, 3.8) is 0 Å². The molecule has 8 nitrogen and oxygen atoms in total. The molecule has 2 aromatic rings. The Balaban J connectivity index is 1.66. The lowest BCUT2D eigenvalue weighted by Crippen LogP contribution is -2.38. The van der Waals surface area contributed by atoms with E-state index in [1.54, 1.807) is 38.1 Å². The Hall–Kier alpha value is -2.30. The number of rotatable bonds is 5. The Labute approximate surface area is 190 Å². The maximum atomic E-state index is 13.3. The van der Waals surface area contributed by atoms with Crippen molar-refractivity contribution in [1.29, 1.82) is 0 Å². The monoisotopic (exact) mass is 479 g/mol. The lowest BCUT2D eigenvalue weighted by molar-refractivity contribution is 0.123. The Morgan fingerprint density at radius 2 is 1.66 bits per heavy atom. The summed E-state index contributed by atoms with van der Waals surface area (Å²) in [6, 6.07) is 10.6. The van der Waals surface area contributed by atoms with Crippen LogP contribution in [0.15, 0.2) is 41.3 Å². The van der Waals surface area contributed by atoms with Crippen molar-refractivity contribution in [3.05, 3.63) is 47.5 Å². The molecule has 2 aliphatic heterocycles. The first kappa shape index (κ1) is 22.9. The summed E-state index contributed by atoms with van der Waals surface area (Å²) < 4.78 is 61.3. The van der Waals surface area contributed by atoms with E-state index < -0.39 is 20.0 Å². The van der Waals surface area contributed by atoms with E-state index in [-0.39, 0.29) is 10.6 Å². The molecule has 0 radical (unpaired) electrons. The number of nitrogens with one attached hydrogen (secondary N) is 1. The Morgan fingerprint density at radius 3 is 2.38 bits per heavy atom. The van der Waals surface area contributed by atoms with Crippen LogP contribution in [0.1, 0.15) is 24.0 Å². The second kappa shape index (κ2) is 8.92. The van der Waals surface area contributed by atoms with Crippen LogP contribution in [0.25, 0.3) is 0 Å². The Kier molecular flexibility index (Phi) is 6.37. The minimum Gasteiger partial charge on any atom is -0.378 e. The van der Waals surface area contributed by atoms with Crippen LogP contribution in [0.2, 0.25) is 0 Å². The zero-order valence-corrected chi connectivity index (χ0v) is 20.0. The molecule has 2 aromatic carbocycles. The molecular weight excluding hydrogens is 450 g/mol. The fourth-order valence-corrected chi connectivity index (χ4v) is 7.31. The highest BCUT2D eigenvalue weighted by atomic mass is 32.2. The van der Waals surface area contributed by atoms with Crippen LogP contribution in [0, 0.1) is 13.8 Å². The molecule has 0 atom stereocenters. The quantitative estimate of drug-likeness (QED) is 0.709. The largest absolute Gasteiger partial charge is 0.378 e. The molecule has 2 aliphatic rings. The summed E-state index contributed by atoms with van der Waals surface area (Å²) in [4.78, 5) is 2.24. The molecule has 32 heavy (non-hydrogen) atoms. The van der Waals surface area contributed by atoms with Crippen LogP contribution in [0.5, 0.6) is 0 Å². The van der Waals surface area contributed by atoms with Gasteiger partial charge in [-0.15, -0.1) is 0 Å². The van der Waals surface area contributed by atoms with Crippen LogP contribution in [-0.2, 0) is 24.8 Å². The average Bonchev–Trinajstić information content (AvgIpc) is 2.76. The van der Waals surface area contributed by atoms with Gasteiger partial charge in [0.25, 0.3) is 10.0 Å². The molecule has 0 bridgehead atoms. The van der Waals surface area contributed by atoms with E-state index in [9.17, 15) is 16.8 Å². The summed E-state index contributed by atoms with van der Waals surface area (Å²) in [6.07, 6.45) is 1.44. The number of hydrogen-bond acceptors (Lipinski definition) is 6. The smallest absolute Gasteiger partial charge is 0.262 e.